The minimum absolute atomic E-state index is 0.0278. The summed E-state index contributed by atoms with van der Waals surface area (Å²) in [5.41, 5.74) is 0. The van der Waals surface area contributed by atoms with E-state index in [-0.39, 0.29) is 27.9 Å². The molecule has 0 aromatic rings. The van der Waals surface area contributed by atoms with E-state index in [1.807, 2.05) is 0 Å². The molecule has 0 unspecified atom stereocenters. The molecule has 0 saturated carbocycles. The van der Waals surface area contributed by atoms with Crippen molar-refractivity contribution in [3.8, 4) is 0 Å². The predicted molar refractivity (Wildman–Crippen MR) is 74.7 cm³/mol. The molecule has 0 saturated heterocycles. The second-order valence-corrected chi connectivity index (χ2v) is 3.52. The lowest BCUT2D eigenvalue weighted by atomic mass is 10.4. The zero-order chi connectivity index (χ0) is 18.0. The average Bonchev–Trinajstić information content (AvgIpc) is 2.29. The van der Waals surface area contributed by atoms with Crippen molar-refractivity contribution in [2.24, 2.45) is 0 Å². The van der Waals surface area contributed by atoms with Crippen molar-refractivity contribution in [2.45, 2.75) is 40.2 Å². The van der Waals surface area contributed by atoms with Crippen LogP contribution in [0.4, 0.5) is 0 Å². The first-order valence-electron chi connectivity index (χ1n) is 5.87. The molecular formula is C9H22N4O8. The third-order valence-corrected chi connectivity index (χ3v) is 1.09. The summed E-state index contributed by atoms with van der Waals surface area (Å²) in [5, 5.41) is 36.9. The maximum atomic E-state index is 9.50. The maximum absolute atomic E-state index is 9.50. The Morgan fingerprint density at radius 2 is 1.10 bits per heavy atom. The molecule has 0 fully saturated rings. The second kappa shape index (κ2) is 19.9. The van der Waals surface area contributed by atoms with E-state index in [2.05, 4.69) is 0 Å². The fourth-order valence-corrected chi connectivity index (χ4v) is 0.183. The van der Waals surface area contributed by atoms with E-state index in [9.17, 15) is 30.3 Å². The molecule has 0 N–H and O–H groups in total. The van der Waals surface area contributed by atoms with Crippen molar-refractivity contribution in [1.29, 1.82) is 0 Å². The Labute approximate surface area is 121 Å². The van der Waals surface area contributed by atoms with Crippen LogP contribution >= 0.6 is 0 Å². The standard InChI is InChI=1S/2C3H7NO2.C2H5NO2.CH3NO2/c1-3(2)4(5)6;1-2-3-4(5)6;1-2-3(4)5;1-2(3)4/h3H,1-2H3;2-3H2,1H3;2H2,1H3;1H3. The van der Waals surface area contributed by atoms with Gasteiger partial charge in [0.25, 0.3) is 0 Å². The molecule has 21 heavy (non-hydrogen) atoms. The first kappa shape index (κ1) is 27.0. The van der Waals surface area contributed by atoms with Crippen molar-refractivity contribution < 1.29 is 19.7 Å². The molecule has 0 aliphatic heterocycles. The summed E-state index contributed by atoms with van der Waals surface area (Å²) in [6, 6.07) is -0.426. The number of nitro groups is 4. The van der Waals surface area contributed by atoms with Crippen molar-refractivity contribution in [1.82, 2.24) is 0 Å². The Balaban J connectivity index is -0.0000000929. The van der Waals surface area contributed by atoms with E-state index in [0.717, 1.165) is 7.05 Å². The number of hydrogen-bond acceptors (Lipinski definition) is 8. The van der Waals surface area contributed by atoms with Crippen molar-refractivity contribution >= 4 is 0 Å². The average molecular weight is 314 g/mol. The molecular weight excluding hydrogens is 292 g/mol. The number of rotatable bonds is 4. The molecule has 0 bridgehead atoms. The fourth-order valence-electron chi connectivity index (χ4n) is 0.183. The van der Waals surface area contributed by atoms with Gasteiger partial charge < -0.3 is 0 Å². The highest BCUT2D eigenvalue weighted by Crippen LogP contribution is 1.79. The minimum Gasteiger partial charge on any atom is -0.265 e. The van der Waals surface area contributed by atoms with Crippen LogP contribution in [0.5, 0.6) is 0 Å². The lowest BCUT2D eigenvalue weighted by molar-refractivity contribution is -0.513. The van der Waals surface area contributed by atoms with Gasteiger partial charge in [0.05, 0.1) is 0 Å². The van der Waals surface area contributed by atoms with Gasteiger partial charge in [-0.3, -0.25) is 40.5 Å². The second-order valence-electron chi connectivity index (χ2n) is 3.52. The van der Waals surface area contributed by atoms with E-state index >= 15 is 0 Å². The van der Waals surface area contributed by atoms with Crippen LogP contribution in [0.2, 0.25) is 0 Å². The highest BCUT2D eigenvalue weighted by atomic mass is 16.6. The molecule has 0 aromatic carbocycles. The highest BCUT2D eigenvalue weighted by molar-refractivity contribution is 4.28. The smallest absolute Gasteiger partial charge is 0.207 e. The Morgan fingerprint density at radius 3 is 1.10 bits per heavy atom. The van der Waals surface area contributed by atoms with E-state index < -0.39 is 11.0 Å². The van der Waals surface area contributed by atoms with Crippen molar-refractivity contribution in [3.05, 3.63) is 40.5 Å². The summed E-state index contributed by atoms with van der Waals surface area (Å²) in [6.45, 7) is 6.49. The van der Waals surface area contributed by atoms with Crippen LogP contribution in [-0.2, 0) is 0 Å². The molecule has 0 atom stereocenters. The molecule has 0 heterocycles. The Hall–Kier alpha value is -2.40. The van der Waals surface area contributed by atoms with Gasteiger partial charge in [0, 0.05) is 46.9 Å². The third-order valence-electron chi connectivity index (χ3n) is 1.09. The highest BCUT2D eigenvalue weighted by Gasteiger charge is 1.99. The van der Waals surface area contributed by atoms with E-state index in [1.54, 1.807) is 20.8 Å². The monoisotopic (exact) mass is 314 g/mol. The Bertz CT molecular complexity index is 304. The topological polar surface area (TPSA) is 173 Å². The van der Waals surface area contributed by atoms with Crippen LogP contribution < -0.4 is 0 Å². The van der Waals surface area contributed by atoms with Gasteiger partial charge in [-0.2, -0.15) is 0 Å². The van der Waals surface area contributed by atoms with Gasteiger partial charge in [0.2, 0.25) is 19.1 Å². The van der Waals surface area contributed by atoms with Crippen molar-refractivity contribution in [2.75, 3.05) is 20.1 Å². The van der Waals surface area contributed by atoms with E-state index in [1.165, 1.54) is 6.92 Å². The van der Waals surface area contributed by atoms with Crippen LogP contribution in [0.3, 0.4) is 0 Å². The number of nitrogens with zero attached hydrogens (tertiary/aromatic N) is 4. The molecule has 0 rings (SSSR count). The lowest BCUT2D eigenvalue weighted by Gasteiger charge is -1.88. The Kier molecular flexibility index (Phi) is 25.7. The quantitative estimate of drug-likeness (QED) is 0.554. The van der Waals surface area contributed by atoms with Crippen LogP contribution in [0, 0.1) is 40.5 Å². The molecule has 12 nitrogen and oxygen atoms in total. The van der Waals surface area contributed by atoms with Gasteiger partial charge >= 0.3 is 0 Å². The number of hydrogen-bond donors (Lipinski definition) is 0. The van der Waals surface area contributed by atoms with E-state index in [4.69, 9.17) is 10.1 Å². The molecule has 126 valence electrons. The normalized spacial score (nSPS) is 7.90. The predicted octanol–water partition coefficient (Wildman–Crippen LogP) is 1.52. The first-order valence-corrected chi connectivity index (χ1v) is 5.87. The summed E-state index contributed by atoms with van der Waals surface area (Å²) < 4.78 is 0. The zero-order valence-corrected chi connectivity index (χ0v) is 12.8. The molecule has 0 amide bonds. The molecule has 0 aliphatic rings. The van der Waals surface area contributed by atoms with Gasteiger partial charge in [-0.1, -0.05) is 6.92 Å². The molecule has 12 heteroatoms. The molecule has 0 radical (unpaired) electrons. The third kappa shape index (κ3) is 98.3. The molecule has 0 aliphatic carbocycles. The summed E-state index contributed by atoms with van der Waals surface area (Å²) in [6.07, 6.45) is 0.632. The summed E-state index contributed by atoms with van der Waals surface area (Å²) in [7, 11) is 0.889. The van der Waals surface area contributed by atoms with Crippen molar-refractivity contribution in [3.63, 3.8) is 0 Å². The van der Waals surface area contributed by atoms with Gasteiger partial charge in [0.1, 0.15) is 0 Å². The molecule has 0 spiro atoms. The summed E-state index contributed by atoms with van der Waals surface area (Å²) >= 11 is 0. The summed E-state index contributed by atoms with van der Waals surface area (Å²) in [5.74, 6) is 0. The fraction of sp³-hybridized carbons (Fsp3) is 1.00. The minimum atomic E-state index is -0.500. The largest absolute Gasteiger partial charge is 0.265 e. The van der Waals surface area contributed by atoms with Crippen LogP contribution in [0.15, 0.2) is 0 Å². The maximum Gasteiger partial charge on any atom is 0.207 e. The zero-order valence-electron chi connectivity index (χ0n) is 12.8. The lowest BCUT2D eigenvalue weighted by Crippen LogP contribution is -2.08. The van der Waals surface area contributed by atoms with Gasteiger partial charge in [0.15, 0.2) is 7.05 Å². The van der Waals surface area contributed by atoms with Gasteiger partial charge in [-0.05, 0) is 0 Å². The summed E-state index contributed by atoms with van der Waals surface area (Å²) in [4.78, 5) is 35.4. The van der Waals surface area contributed by atoms with Crippen LogP contribution in [0.25, 0.3) is 0 Å². The first-order chi connectivity index (χ1) is 9.41. The van der Waals surface area contributed by atoms with E-state index in [0.29, 0.717) is 6.42 Å². The van der Waals surface area contributed by atoms with Gasteiger partial charge in [-0.25, -0.2) is 0 Å². The SMILES string of the molecule is CC(C)[N+](=O)[O-].CCC[N+](=O)[O-].CC[N+](=O)[O-].C[N+](=O)[O-]. The van der Waals surface area contributed by atoms with Crippen LogP contribution in [0.1, 0.15) is 34.1 Å². The Morgan fingerprint density at radius 1 is 0.857 bits per heavy atom. The van der Waals surface area contributed by atoms with Gasteiger partial charge in [-0.15, -0.1) is 0 Å². The molecule has 0 aromatic heterocycles. The van der Waals surface area contributed by atoms with Crippen LogP contribution in [-0.4, -0.2) is 45.9 Å².